The Morgan fingerprint density at radius 2 is 1.83 bits per heavy atom. The first kappa shape index (κ1) is 20.5. The number of carbonyl (C=O) groups is 2. The highest BCUT2D eigenvalue weighted by atomic mass is 16.5. The van der Waals surface area contributed by atoms with Crippen LogP contribution >= 0.6 is 0 Å². The first-order valence-electron chi connectivity index (χ1n) is 10.7. The van der Waals surface area contributed by atoms with Gasteiger partial charge in [0.05, 0.1) is 17.9 Å². The summed E-state index contributed by atoms with van der Waals surface area (Å²) < 4.78 is 11.7. The van der Waals surface area contributed by atoms with Gasteiger partial charge in [0.2, 0.25) is 0 Å². The van der Waals surface area contributed by atoms with E-state index in [2.05, 4.69) is 24.8 Å². The number of rotatable bonds is 4. The van der Waals surface area contributed by atoms with Crippen molar-refractivity contribution in [3.8, 4) is 5.75 Å². The van der Waals surface area contributed by atoms with Crippen LogP contribution in [0, 0.1) is 12.3 Å². The quantitative estimate of drug-likeness (QED) is 0.759. The molecule has 0 saturated carbocycles. The van der Waals surface area contributed by atoms with Crippen LogP contribution < -0.4 is 9.64 Å². The molecule has 160 valence electrons. The molecule has 1 aliphatic heterocycles. The molecular formula is C24H30N2O4. The highest BCUT2D eigenvalue weighted by molar-refractivity contribution is 6.03. The number of ketones is 1. The van der Waals surface area contributed by atoms with E-state index in [4.69, 9.17) is 9.15 Å². The summed E-state index contributed by atoms with van der Waals surface area (Å²) >= 11 is 0. The van der Waals surface area contributed by atoms with Crippen LogP contribution in [0.1, 0.15) is 59.4 Å². The number of hydrogen-bond donors (Lipinski definition) is 0. The summed E-state index contributed by atoms with van der Waals surface area (Å²) in [6, 6.07) is 8.01. The summed E-state index contributed by atoms with van der Waals surface area (Å²) in [5.74, 6) is 1.83. The van der Waals surface area contributed by atoms with E-state index in [1.54, 1.807) is 0 Å². The Hall–Kier alpha value is -2.76. The highest BCUT2D eigenvalue weighted by Crippen LogP contribution is 2.38. The Morgan fingerprint density at radius 3 is 2.53 bits per heavy atom. The molecule has 2 aromatic rings. The fraction of sp³-hybridized carbons (Fsp3) is 0.500. The maximum atomic E-state index is 13.2. The monoisotopic (exact) mass is 410 g/mol. The van der Waals surface area contributed by atoms with E-state index in [0.717, 1.165) is 24.5 Å². The lowest BCUT2D eigenvalue weighted by molar-refractivity contribution is 0.0708. The Morgan fingerprint density at radius 1 is 1.13 bits per heavy atom. The first-order chi connectivity index (χ1) is 14.3. The number of piperazine rings is 1. The van der Waals surface area contributed by atoms with Crippen LogP contribution in [-0.4, -0.2) is 49.4 Å². The normalized spacial score (nSPS) is 18.3. The van der Waals surface area contributed by atoms with Crippen molar-refractivity contribution in [1.29, 1.82) is 0 Å². The van der Waals surface area contributed by atoms with Crippen molar-refractivity contribution < 1.29 is 18.7 Å². The number of nitrogens with zero attached hydrogens (tertiary/aromatic N) is 2. The van der Waals surface area contributed by atoms with Crippen molar-refractivity contribution in [2.24, 2.45) is 5.41 Å². The van der Waals surface area contributed by atoms with Crippen molar-refractivity contribution in [2.75, 3.05) is 37.7 Å². The fourth-order valence-electron chi connectivity index (χ4n) is 4.58. The van der Waals surface area contributed by atoms with Crippen LogP contribution in [0.15, 0.2) is 28.7 Å². The van der Waals surface area contributed by atoms with E-state index in [0.29, 0.717) is 55.2 Å². The van der Waals surface area contributed by atoms with Gasteiger partial charge in [-0.15, -0.1) is 0 Å². The second-order valence-corrected chi connectivity index (χ2v) is 8.98. The molecule has 2 aliphatic rings. The van der Waals surface area contributed by atoms with Crippen molar-refractivity contribution in [3.63, 3.8) is 0 Å². The van der Waals surface area contributed by atoms with Gasteiger partial charge >= 0.3 is 0 Å². The van der Waals surface area contributed by atoms with Gasteiger partial charge in [-0.1, -0.05) is 26.0 Å². The number of para-hydroxylation sites is 2. The number of carbonyl (C=O) groups excluding carboxylic acids is 2. The number of Topliss-reactive ketones (excluding diaryl/α,β-unsaturated/α-hetero) is 1. The molecule has 0 unspecified atom stereocenters. The average Bonchev–Trinajstić information content (AvgIpc) is 3.03. The van der Waals surface area contributed by atoms with Crippen LogP contribution in [0.5, 0.6) is 5.75 Å². The third kappa shape index (κ3) is 3.71. The lowest BCUT2D eigenvalue weighted by Gasteiger charge is -2.36. The molecule has 1 aliphatic carbocycles. The standard InChI is InChI=1S/C24H30N2O4/c1-5-29-19-9-7-6-8-17(19)25-10-12-26(13-11-25)23(28)22-16(2)21-18(27)14-24(3,4)15-20(21)30-22/h6-9H,5,10-15H2,1-4H3. The molecule has 4 rings (SSSR count). The third-order valence-electron chi connectivity index (χ3n) is 6.04. The molecular weight excluding hydrogens is 380 g/mol. The molecule has 0 spiro atoms. The molecule has 1 aromatic carbocycles. The van der Waals surface area contributed by atoms with Gasteiger partial charge in [0, 0.05) is 44.6 Å². The molecule has 0 radical (unpaired) electrons. The minimum Gasteiger partial charge on any atom is -0.492 e. The second-order valence-electron chi connectivity index (χ2n) is 8.98. The number of furan rings is 1. The highest BCUT2D eigenvalue weighted by Gasteiger charge is 2.38. The molecule has 2 heterocycles. The summed E-state index contributed by atoms with van der Waals surface area (Å²) in [4.78, 5) is 29.9. The van der Waals surface area contributed by atoms with Crippen molar-refractivity contribution in [1.82, 2.24) is 4.90 Å². The van der Waals surface area contributed by atoms with Gasteiger partial charge in [-0.05, 0) is 31.4 Å². The van der Waals surface area contributed by atoms with Gasteiger partial charge in [0.25, 0.3) is 5.91 Å². The van der Waals surface area contributed by atoms with Crippen LogP contribution in [0.3, 0.4) is 0 Å². The fourth-order valence-corrected chi connectivity index (χ4v) is 4.58. The Bertz CT molecular complexity index is 968. The molecule has 1 fully saturated rings. The molecule has 0 N–H and O–H groups in total. The van der Waals surface area contributed by atoms with Gasteiger partial charge in [0.15, 0.2) is 11.5 Å². The molecule has 0 atom stereocenters. The van der Waals surface area contributed by atoms with Crippen molar-refractivity contribution in [2.45, 2.75) is 40.5 Å². The van der Waals surface area contributed by atoms with E-state index in [1.165, 1.54) is 0 Å². The number of benzene rings is 1. The summed E-state index contributed by atoms with van der Waals surface area (Å²) in [5, 5.41) is 0. The molecule has 6 nitrogen and oxygen atoms in total. The predicted molar refractivity (Wildman–Crippen MR) is 116 cm³/mol. The van der Waals surface area contributed by atoms with Gasteiger partial charge < -0.3 is 19.0 Å². The van der Waals surface area contributed by atoms with Crippen LogP contribution in [0.2, 0.25) is 0 Å². The van der Waals surface area contributed by atoms with Crippen LogP contribution in [0.4, 0.5) is 5.69 Å². The number of anilines is 1. The largest absolute Gasteiger partial charge is 0.492 e. The number of fused-ring (bicyclic) bond motifs is 1. The molecule has 1 aromatic heterocycles. The Labute approximate surface area is 177 Å². The topological polar surface area (TPSA) is 63.0 Å². The lowest BCUT2D eigenvalue weighted by atomic mass is 9.76. The van der Waals surface area contributed by atoms with E-state index in [-0.39, 0.29) is 17.1 Å². The summed E-state index contributed by atoms with van der Waals surface area (Å²) in [7, 11) is 0. The minimum absolute atomic E-state index is 0.0823. The lowest BCUT2D eigenvalue weighted by Crippen LogP contribution is -2.49. The molecule has 6 heteroatoms. The van der Waals surface area contributed by atoms with Crippen LogP contribution in [0.25, 0.3) is 0 Å². The third-order valence-corrected chi connectivity index (χ3v) is 6.04. The maximum absolute atomic E-state index is 13.2. The number of ether oxygens (including phenoxy) is 1. The number of hydrogen-bond acceptors (Lipinski definition) is 5. The molecule has 1 saturated heterocycles. The molecule has 30 heavy (non-hydrogen) atoms. The minimum atomic E-state index is -0.131. The smallest absolute Gasteiger partial charge is 0.289 e. The van der Waals surface area contributed by atoms with Gasteiger partial charge in [-0.25, -0.2) is 0 Å². The molecule has 0 bridgehead atoms. The molecule has 1 amide bonds. The van der Waals surface area contributed by atoms with Gasteiger partial charge in [0.1, 0.15) is 11.5 Å². The Kier molecular flexibility index (Phi) is 5.35. The van der Waals surface area contributed by atoms with Gasteiger partial charge in [-0.3, -0.25) is 9.59 Å². The Balaban J connectivity index is 1.49. The van der Waals surface area contributed by atoms with E-state index in [1.807, 2.05) is 36.9 Å². The zero-order chi connectivity index (χ0) is 21.5. The zero-order valence-corrected chi connectivity index (χ0v) is 18.3. The van der Waals surface area contributed by atoms with E-state index < -0.39 is 0 Å². The number of amides is 1. The SMILES string of the molecule is CCOc1ccccc1N1CCN(C(=O)c2oc3c(c2C)C(=O)CC(C)(C)C3)CC1. The van der Waals surface area contributed by atoms with Crippen molar-refractivity contribution in [3.05, 3.63) is 46.9 Å². The van der Waals surface area contributed by atoms with Gasteiger partial charge in [-0.2, -0.15) is 0 Å². The summed E-state index contributed by atoms with van der Waals surface area (Å²) in [5.41, 5.74) is 2.25. The average molecular weight is 411 g/mol. The van der Waals surface area contributed by atoms with Crippen molar-refractivity contribution >= 4 is 17.4 Å². The first-order valence-corrected chi connectivity index (χ1v) is 10.7. The van der Waals surface area contributed by atoms with Crippen LogP contribution in [-0.2, 0) is 6.42 Å². The predicted octanol–water partition coefficient (Wildman–Crippen LogP) is 4.10. The van der Waals surface area contributed by atoms with E-state index >= 15 is 0 Å². The van der Waals surface area contributed by atoms with E-state index in [9.17, 15) is 9.59 Å². The summed E-state index contributed by atoms with van der Waals surface area (Å²) in [6.07, 6.45) is 1.18. The zero-order valence-electron chi connectivity index (χ0n) is 18.3. The maximum Gasteiger partial charge on any atom is 0.289 e. The summed E-state index contributed by atoms with van der Waals surface area (Å²) in [6.45, 7) is 11.2. The second kappa shape index (κ2) is 7.82.